The van der Waals surface area contributed by atoms with Gasteiger partial charge in [0.25, 0.3) is 5.91 Å². The van der Waals surface area contributed by atoms with Gasteiger partial charge in [-0.1, -0.05) is 6.07 Å². The minimum absolute atomic E-state index is 0.0928. The van der Waals surface area contributed by atoms with Crippen molar-refractivity contribution < 1.29 is 4.79 Å². The van der Waals surface area contributed by atoms with E-state index in [0.717, 1.165) is 43.9 Å². The van der Waals surface area contributed by atoms with Gasteiger partial charge < -0.3 is 9.80 Å². The van der Waals surface area contributed by atoms with E-state index in [-0.39, 0.29) is 5.91 Å². The summed E-state index contributed by atoms with van der Waals surface area (Å²) in [5.41, 5.74) is 1.74. The topological polar surface area (TPSA) is 49.3 Å². The molecule has 0 aliphatic carbocycles. The molecule has 2 aromatic heterocycles. The first-order valence-electron chi connectivity index (χ1n) is 8.53. The number of nitrogens with zero attached hydrogens (tertiary/aromatic N) is 4. The number of amides is 1. The van der Waals surface area contributed by atoms with Crippen LogP contribution in [-0.2, 0) is 6.42 Å². The van der Waals surface area contributed by atoms with Crippen LogP contribution in [0.2, 0.25) is 0 Å². The average molecular weight is 324 g/mol. The predicted octanol–water partition coefficient (Wildman–Crippen LogP) is 2.78. The lowest BCUT2D eigenvalue weighted by Crippen LogP contribution is -2.33. The minimum Gasteiger partial charge on any atom is -0.359 e. The molecule has 5 heteroatoms. The Morgan fingerprint density at radius 3 is 2.79 bits per heavy atom. The summed E-state index contributed by atoms with van der Waals surface area (Å²) < 4.78 is 0. The maximum absolute atomic E-state index is 12.5. The number of likely N-dealkylation sites (N-methyl/N-ethyl adjacent to an activating group) is 1. The highest BCUT2D eigenvalue weighted by Crippen LogP contribution is 2.20. The van der Waals surface area contributed by atoms with Crippen LogP contribution >= 0.6 is 0 Å². The Morgan fingerprint density at radius 2 is 2.17 bits per heavy atom. The lowest BCUT2D eigenvalue weighted by Gasteiger charge is -2.22. The Morgan fingerprint density at radius 1 is 1.29 bits per heavy atom. The van der Waals surface area contributed by atoms with E-state index in [1.165, 1.54) is 0 Å². The molecule has 1 atom stereocenters. The third-order valence-corrected chi connectivity index (χ3v) is 4.63. The van der Waals surface area contributed by atoms with Crippen LogP contribution in [0.4, 0.5) is 5.82 Å². The second kappa shape index (κ2) is 7.43. The molecule has 0 saturated carbocycles. The van der Waals surface area contributed by atoms with E-state index in [0.29, 0.717) is 11.6 Å². The summed E-state index contributed by atoms with van der Waals surface area (Å²) >= 11 is 0. The van der Waals surface area contributed by atoms with E-state index in [1.54, 1.807) is 6.20 Å². The number of hydrogen-bond acceptors (Lipinski definition) is 4. The fraction of sp³-hybridized carbons (Fsp3) is 0.421. The van der Waals surface area contributed by atoms with Crippen molar-refractivity contribution in [1.29, 1.82) is 0 Å². The molecular formula is C19H24N4O. The van der Waals surface area contributed by atoms with Gasteiger partial charge in [-0.2, -0.15) is 0 Å². The van der Waals surface area contributed by atoms with Gasteiger partial charge in [0.2, 0.25) is 0 Å². The normalized spacial score (nSPS) is 17.1. The highest BCUT2D eigenvalue weighted by molar-refractivity contribution is 5.94. The van der Waals surface area contributed by atoms with E-state index in [4.69, 9.17) is 0 Å². The van der Waals surface area contributed by atoms with Crippen LogP contribution in [0, 0.1) is 0 Å². The van der Waals surface area contributed by atoms with Crippen molar-refractivity contribution in [2.24, 2.45) is 0 Å². The Balaban J connectivity index is 1.60. The number of pyridine rings is 2. The zero-order chi connectivity index (χ0) is 16.9. The monoisotopic (exact) mass is 324 g/mol. The molecular weight excluding hydrogens is 300 g/mol. The predicted molar refractivity (Wildman–Crippen MR) is 95.2 cm³/mol. The molecule has 1 aliphatic rings. The van der Waals surface area contributed by atoms with Crippen LogP contribution in [0.15, 0.2) is 42.7 Å². The maximum atomic E-state index is 12.5. The fourth-order valence-electron chi connectivity index (χ4n) is 3.08. The minimum atomic E-state index is 0.0928. The number of carbonyl (C=O) groups is 1. The van der Waals surface area contributed by atoms with Crippen LogP contribution in [0.3, 0.4) is 0 Å². The van der Waals surface area contributed by atoms with E-state index >= 15 is 0 Å². The first-order valence-corrected chi connectivity index (χ1v) is 8.53. The van der Waals surface area contributed by atoms with Crippen molar-refractivity contribution in [1.82, 2.24) is 14.9 Å². The Bertz CT molecular complexity index is 672. The van der Waals surface area contributed by atoms with Crippen molar-refractivity contribution in [2.75, 3.05) is 25.0 Å². The Labute approximate surface area is 143 Å². The van der Waals surface area contributed by atoms with Crippen molar-refractivity contribution in [3.63, 3.8) is 0 Å². The van der Waals surface area contributed by atoms with Gasteiger partial charge in [-0.25, -0.2) is 4.98 Å². The van der Waals surface area contributed by atoms with Crippen LogP contribution in [0.1, 0.15) is 35.8 Å². The van der Waals surface area contributed by atoms with Crippen molar-refractivity contribution in [2.45, 2.75) is 32.2 Å². The average Bonchev–Trinajstić information content (AvgIpc) is 3.06. The van der Waals surface area contributed by atoms with E-state index in [2.05, 4.69) is 21.8 Å². The number of anilines is 1. The van der Waals surface area contributed by atoms with E-state index in [1.807, 2.05) is 48.5 Å². The molecule has 1 unspecified atom stereocenters. The van der Waals surface area contributed by atoms with Crippen LogP contribution in [-0.4, -0.2) is 47.0 Å². The van der Waals surface area contributed by atoms with E-state index < -0.39 is 0 Å². The molecule has 3 rings (SSSR count). The lowest BCUT2D eigenvalue weighted by atomic mass is 10.2. The summed E-state index contributed by atoms with van der Waals surface area (Å²) in [6.45, 7) is 3.80. The number of likely N-dealkylation sites (tertiary alicyclic amines) is 1. The number of rotatable bonds is 5. The van der Waals surface area contributed by atoms with Crippen LogP contribution in [0.5, 0.6) is 0 Å². The highest BCUT2D eigenvalue weighted by atomic mass is 16.2. The molecule has 3 heterocycles. The van der Waals surface area contributed by atoms with Gasteiger partial charge in [0.15, 0.2) is 0 Å². The quantitative estimate of drug-likeness (QED) is 0.848. The molecule has 1 fully saturated rings. The van der Waals surface area contributed by atoms with E-state index in [9.17, 15) is 4.79 Å². The van der Waals surface area contributed by atoms with Crippen LogP contribution in [0.25, 0.3) is 0 Å². The maximum Gasteiger partial charge on any atom is 0.255 e. The molecule has 24 heavy (non-hydrogen) atoms. The Kier molecular flexibility index (Phi) is 5.08. The number of aromatic nitrogens is 2. The standard InChI is InChI=1S/C19H24N4O/c1-15-6-5-12-23(15)19(24)16-8-9-18(21-14-16)22(2)13-10-17-7-3-4-11-20-17/h3-4,7-9,11,14-15H,5-6,10,12-13H2,1-2H3. The number of carbonyl (C=O) groups excluding carboxylic acids is 1. The molecule has 0 spiro atoms. The van der Waals surface area contributed by atoms with Gasteiger partial charge in [-0.15, -0.1) is 0 Å². The third-order valence-electron chi connectivity index (χ3n) is 4.63. The second-order valence-corrected chi connectivity index (χ2v) is 6.39. The summed E-state index contributed by atoms with van der Waals surface area (Å²) in [7, 11) is 2.01. The van der Waals surface area contributed by atoms with Crippen molar-refractivity contribution >= 4 is 11.7 Å². The summed E-state index contributed by atoms with van der Waals surface area (Å²) in [6, 6.07) is 10.1. The first-order chi connectivity index (χ1) is 11.6. The second-order valence-electron chi connectivity index (χ2n) is 6.39. The van der Waals surface area contributed by atoms with Crippen molar-refractivity contribution in [3.05, 3.63) is 54.0 Å². The Hall–Kier alpha value is -2.43. The number of hydrogen-bond donors (Lipinski definition) is 0. The van der Waals surface area contributed by atoms with Gasteiger partial charge in [-0.3, -0.25) is 9.78 Å². The van der Waals surface area contributed by atoms with Gasteiger partial charge in [0, 0.05) is 50.7 Å². The zero-order valence-electron chi connectivity index (χ0n) is 14.4. The molecule has 1 amide bonds. The van der Waals surface area contributed by atoms with Gasteiger partial charge in [-0.05, 0) is 44.0 Å². The molecule has 1 aliphatic heterocycles. The summed E-state index contributed by atoms with van der Waals surface area (Å²) in [4.78, 5) is 25.3. The summed E-state index contributed by atoms with van der Waals surface area (Å²) in [5, 5.41) is 0. The fourth-order valence-corrected chi connectivity index (χ4v) is 3.08. The van der Waals surface area contributed by atoms with Gasteiger partial charge in [0.1, 0.15) is 5.82 Å². The molecule has 1 saturated heterocycles. The van der Waals surface area contributed by atoms with Gasteiger partial charge >= 0.3 is 0 Å². The van der Waals surface area contributed by atoms with Crippen LogP contribution < -0.4 is 4.90 Å². The molecule has 0 bridgehead atoms. The molecule has 0 radical (unpaired) electrons. The highest BCUT2D eigenvalue weighted by Gasteiger charge is 2.26. The molecule has 5 nitrogen and oxygen atoms in total. The summed E-state index contributed by atoms with van der Waals surface area (Å²) in [6.07, 6.45) is 6.56. The van der Waals surface area contributed by atoms with Gasteiger partial charge in [0.05, 0.1) is 5.56 Å². The zero-order valence-corrected chi connectivity index (χ0v) is 14.4. The first kappa shape index (κ1) is 16.4. The summed E-state index contributed by atoms with van der Waals surface area (Å²) in [5.74, 6) is 0.965. The lowest BCUT2D eigenvalue weighted by molar-refractivity contribution is 0.0747. The van der Waals surface area contributed by atoms with Crippen molar-refractivity contribution in [3.8, 4) is 0 Å². The third kappa shape index (κ3) is 3.72. The molecule has 0 N–H and O–H groups in total. The largest absolute Gasteiger partial charge is 0.359 e. The molecule has 2 aromatic rings. The molecule has 0 aromatic carbocycles. The smallest absolute Gasteiger partial charge is 0.255 e. The molecule has 126 valence electrons. The SMILES string of the molecule is CC1CCCN1C(=O)c1ccc(N(C)CCc2ccccn2)nc1.